The third-order valence-corrected chi connectivity index (χ3v) is 2.46. The Morgan fingerprint density at radius 2 is 2.12 bits per heavy atom. The average molecular weight is 231 g/mol. The van der Waals surface area contributed by atoms with E-state index in [1.165, 1.54) is 0 Å². The van der Waals surface area contributed by atoms with E-state index in [-0.39, 0.29) is 11.6 Å². The lowest BCUT2D eigenvalue weighted by Crippen LogP contribution is -2.18. The molecule has 2 aromatic rings. The number of hydrogen-bond acceptors (Lipinski definition) is 3. The average Bonchev–Trinajstić information content (AvgIpc) is 2.76. The third kappa shape index (κ3) is 2.39. The van der Waals surface area contributed by atoms with Crippen molar-refractivity contribution in [1.29, 1.82) is 0 Å². The van der Waals surface area contributed by atoms with Crippen LogP contribution >= 0.6 is 0 Å². The number of nitrogens with zero attached hydrogens (tertiary/aromatic N) is 2. The lowest BCUT2D eigenvalue weighted by atomic mass is 10.2. The number of aromatic nitrogens is 1. The van der Waals surface area contributed by atoms with E-state index >= 15 is 0 Å². The Labute approximate surface area is 98.4 Å². The van der Waals surface area contributed by atoms with E-state index in [1.807, 2.05) is 22.9 Å². The lowest BCUT2D eigenvalue weighted by molar-refractivity contribution is 0.318. The van der Waals surface area contributed by atoms with E-state index in [2.05, 4.69) is 5.16 Å². The Kier molecular flexibility index (Phi) is 3.00. The molecule has 0 saturated heterocycles. The van der Waals surface area contributed by atoms with Gasteiger partial charge in [0.25, 0.3) is 0 Å². The molecular formula is C12H13N3O2. The molecule has 1 aromatic carbocycles. The van der Waals surface area contributed by atoms with E-state index in [9.17, 15) is 5.11 Å². The molecule has 4 N–H and O–H groups in total. The molecule has 0 spiro atoms. The van der Waals surface area contributed by atoms with Gasteiger partial charge in [-0.3, -0.25) is 0 Å². The fourth-order valence-electron chi connectivity index (χ4n) is 1.69. The van der Waals surface area contributed by atoms with Crippen molar-refractivity contribution < 1.29 is 10.3 Å². The third-order valence-electron chi connectivity index (χ3n) is 2.46. The number of benzene rings is 1. The van der Waals surface area contributed by atoms with E-state index in [0.717, 1.165) is 5.56 Å². The summed E-state index contributed by atoms with van der Waals surface area (Å²) in [7, 11) is 0. The summed E-state index contributed by atoms with van der Waals surface area (Å²) in [5, 5.41) is 21.0. The molecule has 0 fully saturated rings. The number of hydrogen-bond donors (Lipinski definition) is 3. The van der Waals surface area contributed by atoms with Crippen molar-refractivity contribution in [2.45, 2.75) is 6.54 Å². The van der Waals surface area contributed by atoms with Gasteiger partial charge in [-0.1, -0.05) is 17.3 Å². The largest absolute Gasteiger partial charge is 0.508 e. The van der Waals surface area contributed by atoms with Crippen LogP contribution in [0.15, 0.2) is 47.8 Å². The minimum absolute atomic E-state index is 0.0650. The normalized spacial score (nSPS) is 11.6. The van der Waals surface area contributed by atoms with Gasteiger partial charge in [0, 0.05) is 12.7 Å². The molecule has 0 saturated carbocycles. The van der Waals surface area contributed by atoms with Crippen LogP contribution in [0.25, 0.3) is 0 Å². The molecule has 2 rings (SSSR count). The second-order valence-corrected chi connectivity index (χ2v) is 3.68. The first kappa shape index (κ1) is 11.1. The van der Waals surface area contributed by atoms with Gasteiger partial charge in [-0.05, 0) is 29.8 Å². The second kappa shape index (κ2) is 4.61. The van der Waals surface area contributed by atoms with Crippen LogP contribution < -0.4 is 5.73 Å². The molecule has 1 heterocycles. The number of rotatable bonds is 3. The Balaban J connectivity index is 2.28. The van der Waals surface area contributed by atoms with Gasteiger partial charge >= 0.3 is 0 Å². The molecule has 0 aliphatic rings. The predicted molar refractivity (Wildman–Crippen MR) is 64.2 cm³/mol. The summed E-state index contributed by atoms with van der Waals surface area (Å²) in [6.45, 7) is 0.549. The van der Waals surface area contributed by atoms with Crippen LogP contribution in [0.4, 0.5) is 0 Å². The quantitative estimate of drug-likeness (QED) is 0.322. The van der Waals surface area contributed by atoms with Crippen molar-refractivity contribution in [3.63, 3.8) is 0 Å². The van der Waals surface area contributed by atoms with Gasteiger partial charge in [-0.2, -0.15) is 0 Å². The van der Waals surface area contributed by atoms with E-state index in [0.29, 0.717) is 12.2 Å². The molecule has 0 aliphatic carbocycles. The van der Waals surface area contributed by atoms with E-state index in [4.69, 9.17) is 10.9 Å². The van der Waals surface area contributed by atoms with Crippen molar-refractivity contribution in [3.05, 3.63) is 53.9 Å². The van der Waals surface area contributed by atoms with Gasteiger partial charge in [0.2, 0.25) is 0 Å². The van der Waals surface area contributed by atoms with Gasteiger partial charge in [0.05, 0.1) is 5.69 Å². The van der Waals surface area contributed by atoms with Crippen LogP contribution in [0.5, 0.6) is 5.75 Å². The van der Waals surface area contributed by atoms with Crippen molar-refractivity contribution >= 4 is 5.84 Å². The van der Waals surface area contributed by atoms with Crippen LogP contribution in [-0.2, 0) is 6.54 Å². The highest BCUT2D eigenvalue weighted by molar-refractivity contribution is 5.95. The van der Waals surface area contributed by atoms with Gasteiger partial charge < -0.3 is 20.6 Å². The summed E-state index contributed by atoms with van der Waals surface area (Å²) in [6.07, 6.45) is 1.83. The molecule has 0 atom stereocenters. The molecule has 0 aliphatic heterocycles. The molecule has 1 aromatic heterocycles. The highest BCUT2D eigenvalue weighted by Gasteiger charge is 2.06. The zero-order valence-electron chi connectivity index (χ0n) is 9.11. The van der Waals surface area contributed by atoms with Crippen molar-refractivity contribution in [3.8, 4) is 5.75 Å². The van der Waals surface area contributed by atoms with Crippen molar-refractivity contribution in [1.82, 2.24) is 4.57 Å². The van der Waals surface area contributed by atoms with E-state index < -0.39 is 0 Å². The summed E-state index contributed by atoms with van der Waals surface area (Å²) in [4.78, 5) is 0. The SMILES string of the molecule is N/C(=N/O)c1cccn1Cc1cccc(O)c1. The Morgan fingerprint density at radius 3 is 2.82 bits per heavy atom. The summed E-state index contributed by atoms with van der Waals surface area (Å²) in [5.41, 5.74) is 7.13. The molecule has 5 nitrogen and oxygen atoms in total. The predicted octanol–water partition coefficient (Wildman–Crippen LogP) is 1.34. The molecule has 5 heteroatoms. The van der Waals surface area contributed by atoms with Crippen LogP contribution in [0, 0.1) is 0 Å². The standard InChI is InChI=1S/C12H13N3O2/c13-12(14-17)11-5-2-6-15(11)8-9-3-1-4-10(16)7-9/h1-7,16-17H,8H2,(H2,13,14). The minimum Gasteiger partial charge on any atom is -0.508 e. The number of amidine groups is 1. The monoisotopic (exact) mass is 231 g/mol. The number of aromatic hydroxyl groups is 1. The van der Waals surface area contributed by atoms with Crippen LogP contribution in [0.3, 0.4) is 0 Å². The minimum atomic E-state index is 0.0650. The summed E-state index contributed by atoms with van der Waals surface area (Å²) >= 11 is 0. The Bertz CT molecular complexity index is 546. The van der Waals surface area contributed by atoms with Crippen LogP contribution in [0.1, 0.15) is 11.3 Å². The topological polar surface area (TPSA) is 83.8 Å². The summed E-state index contributed by atoms with van der Waals surface area (Å²) < 4.78 is 1.84. The maximum absolute atomic E-state index is 9.37. The van der Waals surface area contributed by atoms with Crippen molar-refractivity contribution in [2.24, 2.45) is 10.9 Å². The summed E-state index contributed by atoms with van der Waals surface area (Å²) in [6, 6.07) is 10.5. The zero-order valence-corrected chi connectivity index (χ0v) is 9.11. The second-order valence-electron chi connectivity index (χ2n) is 3.68. The highest BCUT2D eigenvalue weighted by Crippen LogP contribution is 2.13. The van der Waals surface area contributed by atoms with Gasteiger partial charge in [-0.15, -0.1) is 0 Å². The van der Waals surface area contributed by atoms with Crippen molar-refractivity contribution in [2.75, 3.05) is 0 Å². The number of phenols is 1. The first-order valence-electron chi connectivity index (χ1n) is 5.11. The zero-order chi connectivity index (χ0) is 12.3. The summed E-state index contributed by atoms with van der Waals surface area (Å²) in [5.74, 6) is 0.287. The maximum Gasteiger partial charge on any atom is 0.186 e. The van der Waals surface area contributed by atoms with Gasteiger partial charge in [-0.25, -0.2) is 0 Å². The van der Waals surface area contributed by atoms with Gasteiger partial charge in [0.15, 0.2) is 5.84 Å². The first-order chi connectivity index (χ1) is 8.20. The lowest BCUT2D eigenvalue weighted by Gasteiger charge is -2.08. The fourth-order valence-corrected chi connectivity index (χ4v) is 1.69. The molecule has 0 unspecified atom stereocenters. The number of nitrogens with two attached hydrogens (primary N) is 1. The number of phenolic OH excluding ortho intramolecular Hbond substituents is 1. The smallest absolute Gasteiger partial charge is 0.186 e. The molecule has 17 heavy (non-hydrogen) atoms. The fraction of sp³-hybridized carbons (Fsp3) is 0.0833. The maximum atomic E-state index is 9.37. The molecule has 88 valence electrons. The highest BCUT2D eigenvalue weighted by atomic mass is 16.4. The molecule has 0 amide bonds. The first-order valence-corrected chi connectivity index (χ1v) is 5.11. The van der Waals surface area contributed by atoms with E-state index in [1.54, 1.807) is 24.3 Å². The Hall–Kier alpha value is -2.43. The molecular weight excluding hydrogens is 218 g/mol. The number of oxime groups is 1. The van der Waals surface area contributed by atoms with Gasteiger partial charge in [0.1, 0.15) is 5.75 Å². The molecule has 0 bridgehead atoms. The van der Waals surface area contributed by atoms with Crippen LogP contribution in [0.2, 0.25) is 0 Å². The molecule has 0 radical (unpaired) electrons. The Morgan fingerprint density at radius 1 is 1.29 bits per heavy atom. The van der Waals surface area contributed by atoms with Crippen LogP contribution in [-0.4, -0.2) is 20.7 Å².